The summed E-state index contributed by atoms with van der Waals surface area (Å²) in [5, 5.41) is 8.16. The van der Waals surface area contributed by atoms with Crippen molar-refractivity contribution in [3.63, 3.8) is 0 Å². The Morgan fingerprint density at radius 2 is 1.86 bits per heavy atom. The monoisotopic (exact) mass is 431 g/mol. The Balaban J connectivity index is 1.51. The van der Waals surface area contributed by atoms with Gasteiger partial charge in [-0.15, -0.1) is 0 Å². The molecule has 29 heavy (non-hydrogen) atoms. The van der Waals surface area contributed by atoms with Gasteiger partial charge in [-0.3, -0.25) is 4.79 Å². The van der Waals surface area contributed by atoms with Crippen molar-refractivity contribution in [1.29, 1.82) is 0 Å². The van der Waals surface area contributed by atoms with Crippen LogP contribution in [0.3, 0.4) is 0 Å². The van der Waals surface area contributed by atoms with Crippen LogP contribution < -0.4 is 20.1 Å². The molecule has 152 valence electrons. The zero-order valence-corrected chi connectivity index (χ0v) is 17.8. The third-order valence-corrected chi connectivity index (χ3v) is 6.35. The van der Waals surface area contributed by atoms with Gasteiger partial charge >= 0.3 is 0 Å². The highest BCUT2D eigenvalue weighted by Gasteiger charge is 2.31. The summed E-state index contributed by atoms with van der Waals surface area (Å²) in [6.07, 6.45) is 2.89. The normalized spacial score (nSPS) is 18.6. The van der Waals surface area contributed by atoms with E-state index in [9.17, 15) is 4.79 Å². The van der Waals surface area contributed by atoms with Crippen LogP contribution in [-0.2, 0) is 0 Å². The zero-order valence-electron chi connectivity index (χ0n) is 16.2. The summed E-state index contributed by atoms with van der Waals surface area (Å²) in [5.74, 6) is 0.786. The van der Waals surface area contributed by atoms with Gasteiger partial charge in [0.05, 0.1) is 24.4 Å². The first kappa shape index (κ1) is 19.8. The number of nitrogens with one attached hydrogen (secondary N) is 2. The molecule has 1 aliphatic rings. The number of rotatable bonds is 6. The van der Waals surface area contributed by atoms with Crippen molar-refractivity contribution < 1.29 is 14.3 Å². The van der Waals surface area contributed by atoms with Crippen molar-refractivity contribution in [2.24, 2.45) is 0 Å². The molecule has 2 atom stereocenters. The molecule has 1 amide bonds. The summed E-state index contributed by atoms with van der Waals surface area (Å²) in [5.41, 5.74) is 1.29. The Bertz CT molecular complexity index is 1020. The third-order valence-electron chi connectivity index (χ3n) is 5.15. The van der Waals surface area contributed by atoms with E-state index in [2.05, 4.69) is 15.6 Å². The number of hydrogen-bond donors (Lipinski definition) is 2. The molecule has 1 aliphatic carbocycles. The molecule has 0 unspecified atom stereocenters. The lowest BCUT2D eigenvalue weighted by Crippen LogP contribution is -2.43. The first-order valence-corrected chi connectivity index (χ1v) is 10.6. The Morgan fingerprint density at radius 1 is 1.14 bits per heavy atom. The number of anilines is 1. The number of carbonyl (C=O) groups excluding carboxylic acids is 1. The van der Waals surface area contributed by atoms with E-state index < -0.39 is 0 Å². The second-order valence-corrected chi connectivity index (χ2v) is 8.40. The lowest BCUT2D eigenvalue weighted by molar-refractivity contribution is 0.0929. The summed E-state index contributed by atoms with van der Waals surface area (Å²) in [4.78, 5) is 17.6. The first-order chi connectivity index (χ1) is 14.1. The van der Waals surface area contributed by atoms with Gasteiger partial charge in [0, 0.05) is 17.1 Å². The van der Waals surface area contributed by atoms with Gasteiger partial charge in [0.15, 0.2) is 5.13 Å². The minimum Gasteiger partial charge on any atom is -0.496 e. The molecule has 6 nitrogen and oxygen atoms in total. The van der Waals surface area contributed by atoms with Crippen LogP contribution in [0.1, 0.15) is 29.6 Å². The summed E-state index contributed by atoms with van der Waals surface area (Å²) in [6, 6.07) is 11.1. The maximum absolute atomic E-state index is 13.0. The minimum absolute atomic E-state index is 0.00674. The van der Waals surface area contributed by atoms with Gasteiger partial charge in [0.2, 0.25) is 0 Å². The van der Waals surface area contributed by atoms with Crippen LogP contribution in [0.25, 0.3) is 10.2 Å². The molecule has 0 aliphatic heterocycles. The average Bonchev–Trinajstić information content (AvgIpc) is 3.33. The van der Waals surface area contributed by atoms with Crippen LogP contribution in [-0.4, -0.2) is 37.2 Å². The molecule has 2 aromatic carbocycles. The Morgan fingerprint density at radius 3 is 2.59 bits per heavy atom. The van der Waals surface area contributed by atoms with Gasteiger partial charge in [0.1, 0.15) is 17.1 Å². The van der Waals surface area contributed by atoms with Crippen molar-refractivity contribution in [2.45, 2.75) is 31.3 Å². The van der Waals surface area contributed by atoms with E-state index in [4.69, 9.17) is 21.1 Å². The minimum atomic E-state index is -0.200. The number of ether oxygens (including phenoxy) is 2. The second kappa shape index (κ2) is 8.47. The van der Waals surface area contributed by atoms with E-state index in [0.29, 0.717) is 22.1 Å². The molecular formula is C21H22ClN3O3S. The molecule has 1 aromatic heterocycles. The molecule has 1 fully saturated rings. The number of nitrogens with zero attached hydrogens (tertiary/aromatic N) is 1. The summed E-state index contributed by atoms with van der Waals surface area (Å²) < 4.78 is 11.8. The standard InChI is InChI=1S/C21H22ClN3O3S/c1-27-16-7-4-8-17(28-2)19(16)20(26)23-13-5-3-6-14(13)24-21-25-15-11-12(22)9-10-18(15)29-21/h4,7-11,13-14H,3,5-6H2,1-2H3,(H,23,26)(H,24,25)/t13-,14-/m1/s1. The van der Waals surface area contributed by atoms with E-state index in [1.165, 1.54) is 0 Å². The van der Waals surface area contributed by atoms with Crippen molar-refractivity contribution in [3.8, 4) is 11.5 Å². The highest BCUT2D eigenvalue weighted by atomic mass is 35.5. The molecule has 0 spiro atoms. The molecule has 1 saturated carbocycles. The highest BCUT2D eigenvalue weighted by Crippen LogP contribution is 2.32. The van der Waals surface area contributed by atoms with Gasteiger partial charge in [-0.2, -0.15) is 0 Å². The maximum Gasteiger partial charge on any atom is 0.259 e. The maximum atomic E-state index is 13.0. The Labute approximate surface area is 178 Å². The zero-order chi connectivity index (χ0) is 20.4. The molecule has 8 heteroatoms. The third kappa shape index (κ3) is 4.11. The molecule has 3 aromatic rings. The smallest absolute Gasteiger partial charge is 0.259 e. The average molecular weight is 432 g/mol. The number of carbonyl (C=O) groups is 1. The molecule has 0 radical (unpaired) electrons. The number of amides is 1. The molecule has 4 rings (SSSR count). The fraction of sp³-hybridized carbons (Fsp3) is 0.333. The van der Waals surface area contributed by atoms with Crippen LogP contribution in [0, 0.1) is 0 Å². The molecule has 0 bridgehead atoms. The topological polar surface area (TPSA) is 72.5 Å². The van der Waals surface area contributed by atoms with Crippen molar-refractivity contribution in [2.75, 3.05) is 19.5 Å². The van der Waals surface area contributed by atoms with Crippen LogP contribution in [0.5, 0.6) is 11.5 Å². The quantitative estimate of drug-likeness (QED) is 0.590. The van der Waals surface area contributed by atoms with Gasteiger partial charge < -0.3 is 20.1 Å². The van der Waals surface area contributed by atoms with E-state index in [0.717, 1.165) is 34.6 Å². The van der Waals surface area contributed by atoms with E-state index in [-0.39, 0.29) is 18.0 Å². The lowest BCUT2D eigenvalue weighted by atomic mass is 10.1. The van der Waals surface area contributed by atoms with Crippen LogP contribution in [0.4, 0.5) is 5.13 Å². The Kier molecular flexibility index (Phi) is 5.78. The van der Waals surface area contributed by atoms with Crippen LogP contribution in [0.2, 0.25) is 5.02 Å². The van der Waals surface area contributed by atoms with Crippen LogP contribution >= 0.6 is 22.9 Å². The number of thiazole rings is 1. The number of fused-ring (bicyclic) bond motifs is 1. The van der Waals surface area contributed by atoms with Crippen molar-refractivity contribution >= 4 is 44.2 Å². The molecular weight excluding hydrogens is 410 g/mol. The van der Waals surface area contributed by atoms with Crippen LogP contribution in [0.15, 0.2) is 36.4 Å². The second-order valence-electron chi connectivity index (χ2n) is 6.93. The van der Waals surface area contributed by atoms with Gasteiger partial charge in [-0.05, 0) is 49.6 Å². The number of methoxy groups -OCH3 is 2. The predicted octanol–water partition coefficient (Wildman–Crippen LogP) is 4.73. The lowest BCUT2D eigenvalue weighted by Gasteiger charge is -2.23. The molecule has 2 N–H and O–H groups in total. The number of aromatic nitrogens is 1. The number of halogens is 1. The number of benzene rings is 2. The van der Waals surface area contributed by atoms with Crippen molar-refractivity contribution in [3.05, 3.63) is 47.0 Å². The fourth-order valence-electron chi connectivity index (χ4n) is 3.74. The van der Waals surface area contributed by atoms with E-state index in [1.807, 2.05) is 18.2 Å². The first-order valence-electron chi connectivity index (χ1n) is 9.43. The largest absolute Gasteiger partial charge is 0.496 e. The SMILES string of the molecule is COc1cccc(OC)c1C(=O)N[C@@H]1CCC[C@H]1Nc1nc2cc(Cl)ccc2s1. The predicted molar refractivity (Wildman–Crippen MR) is 117 cm³/mol. The van der Waals surface area contributed by atoms with Crippen molar-refractivity contribution in [1.82, 2.24) is 10.3 Å². The fourth-order valence-corrected chi connectivity index (χ4v) is 4.82. The Hall–Kier alpha value is -2.51. The highest BCUT2D eigenvalue weighted by molar-refractivity contribution is 7.22. The van der Waals surface area contributed by atoms with E-state index >= 15 is 0 Å². The summed E-state index contributed by atoms with van der Waals surface area (Å²) >= 11 is 7.65. The molecule has 1 heterocycles. The summed E-state index contributed by atoms with van der Waals surface area (Å²) in [6.45, 7) is 0. The molecule has 0 saturated heterocycles. The van der Waals surface area contributed by atoms with E-state index in [1.54, 1.807) is 43.8 Å². The number of hydrogen-bond acceptors (Lipinski definition) is 6. The van der Waals surface area contributed by atoms with Gasteiger partial charge in [-0.25, -0.2) is 4.98 Å². The van der Waals surface area contributed by atoms with Gasteiger partial charge in [0.25, 0.3) is 5.91 Å². The van der Waals surface area contributed by atoms with Gasteiger partial charge in [-0.1, -0.05) is 29.0 Å². The summed E-state index contributed by atoms with van der Waals surface area (Å²) in [7, 11) is 3.09.